The quantitative estimate of drug-likeness (QED) is 0.780. The number of aliphatic hydroxyl groups is 1. The fourth-order valence-corrected chi connectivity index (χ4v) is 3.51. The van der Waals surface area contributed by atoms with Gasteiger partial charge in [0.1, 0.15) is 0 Å². The molecule has 1 aliphatic carbocycles. The number of likely N-dealkylation sites (tertiary alicyclic amines) is 1. The standard InChI is InChI=1S/C15H27NO2/c1-15(2,3)14(18)16-10-6-8-12(16)11-7-4-5-9-13(11)17/h11-13,17H,4-10H2,1-3H3. The van der Waals surface area contributed by atoms with E-state index in [1.54, 1.807) is 0 Å². The highest BCUT2D eigenvalue weighted by Gasteiger charge is 2.41. The maximum atomic E-state index is 12.5. The molecule has 1 saturated heterocycles. The van der Waals surface area contributed by atoms with E-state index in [9.17, 15) is 9.90 Å². The van der Waals surface area contributed by atoms with Crippen molar-refractivity contribution in [1.29, 1.82) is 0 Å². The summed E-state index contributed by atoms with van der Waals surface area (Å²) >= 11 is 0. The number of hydrogen-bond donors (Lipinski definition) is 1. The van der Waals surface area contributed by atoms with Gasteiger partial charge >= 0.3 is 0 Å². The third-order valence-corrected chi connectivity index (χ3v) is 4.48. The lowest BCUT2D eigenvalue weighted by molar-refractivity contribution is -0.142. The van der Waals surface area contributed by atoms with E-state index in [0.717, 1.165) is 38.6 Å². The van der Waals surface area contributed by atoms with Crippen LogP contribution in [0.4, 0.5) is 0 Å². The van der Waals surface area contributed by atoms with Crippen molar-refractivity contribution in [2.24, 2.45) is 11.3 Å². The average molecular weight is 253 g/mol. The first kappa shape index (κ1) is 13.9. The number of hydrogen-bond acceptors (Lipinski definition) is 2. The molecule has 1 amide bonds. The fourth-order valence-electron chi connectivity index (χ4n) is 3.51. The second-order valence-electron chi connectivity index (χ2n) is 6.97. The van der Waals surface area contributed by atoms with Gasteiger partial charge in [0.05, 0.1) is 6.10 Å². The molecule has 0 bridgehead atoms. The van der Waals surface area contributed by atoms with Crippen molar-refractivity contribution in [1.82, 2.24) is 4.90 Å². The molecule has 1 heterocycles. The van der Waals surface area contributed by atoms with Crippen molar-refractivity contribution in [2.75, 3.05) is 6.54 Å². The van der Waals surface area contributed by atoms with E-state index in [4.69, 9.17) is 0 Å². The van der Waals surface area contributed by atoms with Crippen LogP contribution in [0.1, 0.15) is 59.3 Å². The molecule has 1 N–H and O–H groups in total. The Balaban J connectivity index is 2.09. The third-order valence-electron chi connectivity index (χ3n) is 4.48. The Kier molecular flexibility index (Phi) is 4.00. The van der Waals surface area contributed by atoms with Crippen molar-refractivity contribution in [2.45, 2.75) is 71.4 Å². The van der Waals surface area contributed by atoms with Crippen molar-refractivity contribution >= 4 is 5.91 Å². The van der Waals surface area contributed by atoms with Crippen LogP contribution in [-0.2, 0) is 4.79 Å². The summed E-state index contributed by atoms with van der Waals surface area (Å²) in [6.07, 6.45) is 6.31. The lowest BCUT2D eigenvalue weighted by Gasteiger charge is -2.39. The Labute approximate surface area is 111 Å². The molecule has 1 aliphatic heterocycles. The molecular weight excluding hydrogens is 226 g/mol. The van der Waals surface area contributed by atoms with Crippen LogP contribution in [0.15, 0.2) is 0 Å². The molecule has 2 rings (SSSR count). The molecule has 0 spiro atoms. The topological polar surface area (TPSA) is 40.5 Å². The minimum Gasteiger partial charge on any atom is -0.393 e. The molecule has 0 aromatic carbocycles. The second-order valence-corrected chi connectivity index (χ2v) is 6.97. The molecule has 0 radical (unpaired) electrons. The van der Waals surface area contributed by atoms with Crippen LogP contribution in [0.5, 0.6) is 0 Å². The monoisotopic (exact) mass is 253 g/mol. The van der Waals surface area contributed by atoms with Crippen molar-refractivity contribution < 1.29 is 9.90 Å². The fraction of sp³-hybridized carbons (Fsp3) is 0.933. The molecule has 2 fully saturated rings. The van der Waals surface area contributed by atoms with Crippen LogP contribution >= 0.6 is 0 Å². The van der Waals surface area contributed by atoms with E-state index in [1.165, 1.54) is 6.42 Å². The van der Waals surface area contributed by atoms with Gasteiger partial charge in [-0.25, -0.2) is 0 Å². The first-order valence-electron chi connectivity index (χ1n) is 7.40. The summed E-state index contributed by atoms with van der Waals surface area (Å²) in [4.78, 5) is 14.5. The molecule has 0 aromatic heterocycles. The lowest BCUT2D eigenvalue weighted by atomic mass is 9.80. The van der Waals surface area contributed by atoms with Gasteiger partial charge in [0.25, 0.3) is 0 Å². The molecule has 3 heteroatoms. The van der Waals surface area contributed by atoms with Crippen LogP contribution in [0.3, 0.4) is 0 Å². The Bertz CT molecular complexity index is 308. The second kappa shape index (κ2) is 5.20. The van der Waals surface area contributed by atoms with Gasteiger partial charge in [0, 0.05) is 23.9 Å². The number of rotatable bonds is 1. The smallest absolute Gasteiger partial charge is 0.228 e. The van der Waals surface area contributed by atoms with Gasteiger partial charge in [0.2, 0.25) is 5.91 Å². The van der Waals surface area contributed by atoms with Gasteiger partial charge in [-0.15, -0.1) is 0 Å². The predicted molar refractivity (Wildman–Crippen MR) is 72.2 cm³/mol. The van der Waals surface area contributed by atoms with Crippen LogP contribution in [0.2, 0.25) is 0 Å². The Morgan fingerprint density at radius 3 is 2.39 bits per heavy atom. The van der Waals surface area contributed by atoms with E-state index < -0.39 is 0 Å². The highest BCUT2D eigenvalue weighted by molar-refractivity contribution is 5.82. The largest absolute Gasteiger partial charge is 0.393 e. The highest BCUT2D eigenvalue weighted by Crippen LogP contribution is 2.36. The summed E-state index contributed by atoms with van der Waals surface area (Å²) in [5.41, 5.74) is -0.303. The number of nitrogens with zero attached hydrogens (tertiary/aromatic N) is 1. The zero-order chi connectivity index (χ0) is 13.3. The minimum absolute atomic E-state index is 0.197. The Hall–Kier alpha value is -0.570. The molecule has 2 aliphatic rings. The Morgan fingerprint density at radius 1 is 1.11 bits per heavy atom. The number of aliphatic hydroxyl groups excluding tert-OH is 1. The van der Waals surface area contributed by atoms with Gasteiger partial charge in [0.15, 0.2) is 0 Å². The SMILES string of the molecule is CC(C)(C)C(=O)N1CCCC1C1CCCCC1O. The minimum atomic E-state index is -0.303. The van der Waals surface area contributed by atoms with Crippen LogP contribution in [-0.4, -0.2) is 34.6 Å². The van der Waals surface area contributed by atoms with Crippen LogP contribution in [0.25, 0.3) is 0 Å². The maximum Gasteiger partial charge on any atom is 0.228 e. The molecule has 3 unspecified atom stereocenters. The van der Waals surface area contributed by atoms with Gasteiger partial charge < -0.3 is 10.0 Å². The molecule has 3 nitrogen and oxygen atoms in total. The first-order chi connectivity index (χ1) is 8.41. The van der Waals surface area contributed by atoms with E-state index in [2.05, 4.69) is 4.90 Å². The van der Waals surface area contributed by atoms with Gasteiger partial charge in [-0.2, -0.15) is 0 Å². The van der Waals surface area contributed by atoms with E-state index in [1.807, 2.05) is 20.8 Å². The molecular formula is C15H27NO2. The number of amides is 1. The zero-order valence-electron chi connectivity index (χ0n) is 12.0. The summed E-state index contributed by atoms with van der Waals surface area (Å²) < 4.78 is 0. The maximum absolute atomic E-state index is 12.5. The molecule has 3 atom stereocenters. The summed E-state index contributed by atoms with van der Waals surface area (Å²) in [6, 6.07) is 0.284. The van der Waals surface area contributed by atoms with Gasteiger partial charge in [-0.3, -0.25) is 4.79 Å². The molecule has 18 heavy (non-hydrogen) atoms. The summed E-state index contributed by atoms with van der Waals surface area (Å²) in [7, 11) is 0. The predicted octanol–water partition coefficient (Wildman–Crippen LogP) is 2.57. The summed E-state index contributed by atoms with van der Waals surface area (Å²) in [6.45, 7) is 6.84. The first-order valence-corrected chi connectivity index (χ1v) is 7.40. The van der Waals surface area contributed by atoms with Crippen molar-refractivity contribution in [3.05, 3.63) is 0 Å². The zero-order valence-corrected chi connectivity index (χ0v) is 12.0. The highest BCUT2D eigenvalue weighted by atomic mass is 16.3. The van der Waals surface area contributed by atoms with E-state index in [-0.39, 0.29) is 23.5 Å². The van der Waals surface area contributed by atoms with Crippen molar-refractivity contribution in [3.8, 4) is 0 Å². The van der Waals surface area contributed by atoms with Crippen molar-refractivity contribution in [3.63, 3.8) is 0 Å². The molecule has 0 aromatic rings. The average Bonchev–Trinajstić information content (AvgIpc) is 2.76. The summed E-state index contributed by atoms with van der Waals surface area (Å²) in [5, 5.41) is 10.2. The third kappa shape index (κ3) is 2.71. The van der Waals surface area contributed by atoms with Gasteiger partial charge in [-0.1, -0.05) is 33.6 Å². The van der Waals surface area contributed by atoms with E-state index >= 15 is 0 Å². The lowest BCUT2D eigenvalue weighted by Crippen LogP contribution is -2.48. The van der Waals surface area contributed by atoms with Gasteiger partial charge in [-0.05, 0) is 25.7 Å². The number of carbonyl (C=O) groups excluding carboxylic acids is 1. The number of carbonyl (C=O) groups is 1. The summed E-state index contributed by atoms with van der Waals surface area (Å²) in [5.74, 6) is 0.565. The molecule has 1 saturated carbocycles. The Morgan fingerprint density at radius 2 is 1.78 bits per heavy atom. The molecule has 104 valence electrons. The van der Waals surface area contributed by atoms with Crippen LogP contribution < -0.4 is 0 Å². The van der Waals surface area contributed by atoms with E-state index in [0.29, 0.717) is 5.92 Å². The normalized spacial score (nSPS) is 33.8. The van der Waals surface area contributed by atoms with Crippen LogP contribution in [0, 0.1) is 11.3 Å².